The van der Waals surface area contributed by atoms with Gasteiger partial charge in [0, 0.05) is 13.0 Å². The molecule has 22 heavy (non-hydrogen) atoms. The minimum Gasteiger partial charge on any atom is -0.477 e. The van der Waals surface area contributed by atoms with Gasteiger partial charge in [0.05, 0.1) is 12.8 Å². The van der Waals surface area contributed by atoms with Crippen molar-refractivity contribution in [3.05, 3.63) is 36.5 Å². The smallest absolute Gasteiger partial charge is 0.426 e. The predicted molar refractivity (Wildman–Crippen MR) is 75.1 cm³/mol. The van der Waals surface area contributed by atoms with E-state index in [1.165, 1.54) is 16.8 Å². The molecule has 9 heteroatoms. The van der Waals surface area contributed by atoms with E-state index in [2.05, 4.69) is 5.10 Å². The third kappa shape index (κ3) is 2.89. The Bertz CT molecular complexity index is 785. The largest absolute Gasteiger partial charge is 0.477 e. The fourth-order valence-electron chi connectivity index (χ4n) is 2.01. The second kappa shape index (κ2) is 5.68. The molecular weight excluding hydrogens is 310 g/mol. The standard InChI is InChI=1S/C13H13N3O5S/c17-13(21-10-5-2-1-3-6-10)15-22(18,19)11-9-14-16-7-4-8-20-12(11)16/h1-3,5-6,9H,4,7-8H2,(H,15,17). The lowest BCUT2D eigenvalue weighted by Gasteiger charge is -2.16. The molecule has 116 valence electrons. The zero-order valence-electron chi connectivity index (χ0n) is 11.4. The van der Waals surface area contributed by atoms with Gasteiger partial charge in [-0.25, -0.2) is 22.6 Å². The Kier molecular flexibility index (Phi) is 3.72. The number of sulfonamides is 1. The van der Waals surface area contributed by atoms with Crippen LogP contribution in [0.1, 0.15) is 6.42 Å². The molecule has 0 atom stereocenters. The third-order valence-electron chi connectivity index (χ3n) is 2.97. The molecule has 0 aliphatic carbocycles. The van der Waals surface area contributed by atoms with Crippen molar-refractivity contribution in [3.63, 3.8) is 0 Å². The second-order valence-electron chi connectivity index (χ2n) is 4.55. The average Bonchev–Trinajstić information content (AvgIpc) is 2.92. The second-order valence-corrected chi connectivity index (χ2v) is 6.20. The summed E-state index contributed by atoms with van der Waals surface area (Å²) in [5, 5.41) is 3.93. The van der Waals surface area contributed by atoms with E-state index < -0.39 is 16.1 Å². The maximum absolute atomic E-state index is 12.2. The zero-order valence-corrected chi connectivity index (χ0v) is 12.2. The Hall–Kier alpha value is -2.55. The molecule has 3 rings (SSSR count). The molecule has 0 saturated heterocycles. The van der Waals surface area contributed by atoms with Crippen LogP contribution >= 0.6 is 0 Å². The Morgan fingerprint density at radius 1 is 1.32 bits per heavy atom. The van der Waals surface area contributed by atoms with E-state index in [9.17, 15) is 13.2 Å². The third-order valence-corrected chi connectivity index (χ3v) is 4.27. The first-order valence-electron chi connectivity index (χ1n) is 6.54. The van der Waals surface area contributed by atoms with Crippen LogP contribution in [0, 0.1) is 0 Å². The summed E-state index contributed by atoms with van der Waals surface area (Å²) in [6.07, 6.45) is 0.804. The van der Waals surface area contributed by atoms with E-state index in [-0.39, 0.29) is 16.5 Å². The van der Waals surface area contributed by atoms with Gasteiger partial charge in [-0.1, -0.05) is 18.2 Å². The fraction of sp³-hybridized carbons (Fsp3) is 0.231. The lowest BCUT2D eigenvalue weighted by molar-refractivity contribution is 0.206. The SMILES string of the molecule is O=C(NS(=O)(=O)c1cnn2c1OCCC2)Oc1ccccc1. The monoisotopic (exact) mass is 323 g/mol. The number of carbonyl (C=O) groups excluding carboxylic acids is 1. The van der Waals surface area contributed by atoms with Crippen LogP contribution in [0.5, 0.6) is 11.6 Å². The van der Waals surface area contributed by atoms with Crippen molar-refractivity contribution in [3.8, 4) is 11.6 Å². The summed E-state index contributed by atoms with van der Waals surface area (Å²) in [5.74, 6) is 0.370. The van der Waals surface area contributed by atoms with Crippen molar-refractivity contribution in [2.45, 2.75) is 17.9 Å². The van der Waals surface area contributed by atoms with Crippen LogP contribution in [0.15, 0.2) is 41.4 Å². The fourth-order valence-corrected chi connectivity index (χ4v) is 2.96. The van der Waals surface area contributed by atoms with Gasteiger partial charge in [0.25, 0.3) is 10.0 Å². The van der Waals surface area contributed by atoms with Crippen molar-refractivity contribution in [1.82, 2.24) is 14.5 Å². The van der Waals surface area contributed by atoms with Gasteiger partial charge in [-0.2, -0.15) is 5.10 Å². The number of amides is 1. The van der Waals surface area contributed by atoms with Crippen molar-refractivity contribution in [1.29, 1.82) is 0 Å². The summed E-state index contributed by atoms with van der Waals surface area (Å²) < 4.78 is 37.9. The summed E-state index contributed by atoms with van der Waals surface area (Å²) >= 11 is 0. The first-order chi connectivity index (χ1) is 10.6. The molecule has 1 aromatic carbocycles. The number of hydrogen-bond donors (Lipinski definition) is 1. The lowest BCUT2D eigenvalue weighted by atomic mass is 10.3. The molecule has 1 N–H and O–H groups in total. The van der Waals surface area contributed by atoms with Crippen LogP contribution in [0.2, 0.25) is 0 Å². The molecule has 2 heterocycles. The van der Waals surface area contributed by atoms with E-state index in [4.69, 9.17) is 9.47 Å². The van der Waals surface area contributed by atoms with Gasteiger partial charge in [-0.05, 0) is 12.1 Å². The van der Waals surface area contributed by atoms with Crippen LogP contribution in [-0.4, -0.2) is 30.9 Å². The van der Waals surface area contributed by atoms with Crippen LogP contribution in [0.25, 0.3) is 0 Å². The van der Waals surface area contributed by atoms with E-state index >= 15 is 0 Å². The predicted octanol–water partition coefficient (Wildman–Crippen LogP) is 1.14. The van der Waals surface area contributed by atoms with E-state index in [0.717, 1.165) is 12.6 Å². The topological polar surface area (TPSA) is 99.5 Å². The minimum atomic E-state index is -4.11. The Labute approximate surface area is 126 Å². The minimum absolute atomic E-state index is 0.131. The van der Waals surface area contributed by atoms with Gasteiger partial charge in [-0.3, -0.25) is 0 Å². The maximum atomic E-state index is 12.2. The Balaban J connectivity index is 1.76. The van der Waals surface area contributed by atoms with Crippen LogP contribution in [-0.2, 0) is 16.6 Å². The number of para-hydroxylation sites is 1. The van der Waals surface area contributed by atoms with Gasteiger partial charge in [0.2, 0.25) is 5.88 Å². The highest BCUT2D eigenvalue weighted by atomic mass is 32.2. The molecule has 1 aliphatic rings. The molecule has 0 unspecified atom stereocenters. The van der Waals surface area contributed by atoms with Crippen LogP contribution < -0.4 is 14.2 Å². The van der Waals surface area contributed by atoms with Gasteiger partial charge in [-0.15, -0.1) is 0 Å². The van der Waals surface area contributed by atoms with Gasteiger partial charge in [0.1, 0.15) is 5.75 Å². The van der Waals surface area contributed by atoms with E-state index in [0.29, 0.717) is 13.2 Å². The zero-order chi connectivity index (χ0) is 15.6. The van der Waals surface area contributed by atoms with Crippen molar-refractivity contribution in [2.75, 3.05) is 6.61 Å². The number of carbonyl (C=O) groups is 1. The molecule has 0 bridgehead atoms. The Morgan fingerprint density at radius 2 is 2.09 bits per heavy atom. The van der Waals surface area contributed by atoms with Gasteiger partial charge >= 0.3 is 6.09 Å². The quantitative estimate of drug-likeness (QED) is 0.909. The molecule has 0 radical (unpaired) electrons. The first-order valence-corrected chi connectivity index (χ1v) is 8.03. The molecule has 1 aliphatic heterocycles. The van der Waals surface area contributed by atoms with Crippen molar-refractivity contribution in [2.24, 2.45) is 0 Å². The first kappa shape index (κ1) is 14.4. The summed E-state index contributed by atoms with van der Waals surface area (Å²) in [4.78, 5) is 11.5. The highest BCUT2D eigenvalue weighted by molar-refractivity contribution is 7.90. The van der Waals surface area contributed by atoms with Crippen molar-refractivity contribution < 1.29 is 22.7 Å². The molecule has 1 amide bonds. The number of fused-ring (bicyclic) bond motifs is 1. The lowest BCUT2D eigenvalue weighted by Crippen LogP contribution is -2.33. The average molecular weight is 323 g/mol. The van der Waals surface area contributed by atoms with Crippen LogP contribution in [0.3, 0.4) is 0 Å². The summed E-state index contributed by atoms with van der Waals surface area (Å²) in [7, 11) is -4.11. The molecule has 0 spiro atoms. The number of nitrogens with one attached hydrogen (secondary N) is 1. The molecule has 8 nitrogen and oxygen atoms in total. The maximum Gasteiger partial charge on any atom is 0.426 e. The van der Waals surface area contributed by atoms with Crippen molar-refractivity contribution >= 4 is 16.1 Å². The number of benzene rings is 1. The highest BCUT2D eigenvalue weighted by Crippen LogP contribution is 2.26. The summed E-state index contributed by atoms with van der Waals surface area (Å²) in [5.41, 5.74) is 0. The Morgan fingerprint density at radius 3 is 2.86 bits per heavy atom. The number of ether oxygens (including phenoxy) is 2. The molecular formula is C13H13N3O5S. The number of aryl methyl sites for hydroxylation is 1. The molecule has 2 aromatic rings. The molecule has 0 fully saturated rings. The molecule has 1 aromatic heterocycles. The number of rotatable bonds is 3. The van der Waals surface area contributed by atoms with Crippen LogP contribution in [0.4, 0.5) is 4.79 Å². The number of hydrogen-bond acceptors (Lipinski definition) is 6. The summed E-state index contributed by atoms with van der Waals surface area (Å²) in [6.45, 7) is 0.974. The number of aromatic nitrogens is 2. The van der Waals surface area contributed by atoms with E-state index in [1.54, 1.807) is 18.2 Å². The summed E-state index contributed by atoms with van der Waals surface area (Å²) in [6, 6.07) is 8.16. The molecule has 0 saturated carbocycles. The number of nitrogens with zero attached hydrogens (tertiary/aromatic N) is 2. The van der Waals surface area contributed by atoms with Gasteiger partial charge < -0.3 is 9.47 Å². The van der Waals surface area contributed by atoms with Gasteiger partial charge in [0.15, 0.2) is 4.90 Å². The normalized spacial score (nSPS) is 13.8. The van der Waals surface area contributed by atoms with E-state index in [1.807, 2.05) is 4.72 Å². The highest BCUT2D eigenvalue weighted by Gasteiger charge is 2.28.